The van der Waals surface area contributed by atoms with E-state index in [1.165, 1.54) is 205 Å². The molecular formula is C54H92N2O2. The van der Waals surface area contributed by atoms with Gasteiger partial charge in [-0.15, -0.1) is 0 Å². The molecule has 0 aromatic carbocycles. The van der Waals surface area contributed by atoms with Gasteiger partial charge in [0.25, 0.3) is 0 Å². The first-order valence-electron chi connectivity index (χ1n) is 26.8. The van der Waals surface area contributed by atoms with Gasteiger partial charge in [0.15, 0.2) is 0 Å². The van der Waals surface area contributed by atoms with Crippen molar-refractivity contribution in [3.05, 3.63) is 24.3 Å². The second kappa shape index (κ2) is 22.6. The third-order valence-corrected chi connectivity index (χ3v) is 18.6. The Kier molecular flexibility index (Phi) is 17.1. The van der Waals surface area contributed by atoms with Gasteiger partial charge >= 0.3 is 0 Å². The summed E-state index contributed by atoms with van der Waals surface area (Å²) >= 11 is 0. The molecule has 0 radical (unpaired) electrons. The van der Waals surface area contributed by atoms with Crippen LogP contribution in [0.4, 0.5) is 0 Å². The fraction of sp³-hybridized carbons (Fsp3) is 0.926. The minimum absolute atomic E-state index is 0.0354. The number of hydrogen-bond donors (Lipinski definition) is 2. The normalized spacial score (nSPS) is 40.8. The van der Waals surface area contributed by atoms with Gasteiger partial charge in [0.2, 0.25) is 0 Å². The lowest BCUT2D eigenvalue weighted by Crippen LogP contribution is -2.52. The van der Waals surface area contributed by atoms with Crippen LogP contribution in [0.3, 0.4) is 0 Å². The van der Waals surface area contributed by atoms with Crippen LogP contribution in [0.25, 0.3) is 0 Å². The molecule has 0 aliphatic heterocycles. The Balaban J connectivity index is 0.769. The zero-order valence-electron chi connectivity index (χ0n) is 37.6. The van der Waals surface area contributed by atoms with E-state index >= 15 is 0 Å². The number of rotatable bonds is 13. The quantitative estimate of drug-likeness (QED) is 0.182. The average molecular weight is 801 g/mol. The predicted molar refractivity (Wildman–Crippen MR) is 244 cm³/mol. The first-order valence-corrected chi connectivity index (χ1v) is 26.8. The summed E-state index contributed by atoms with van der Waals surface area (Å²) in [5.74, 6) is 5.04. The number of hydrogen-bond acceptors (Lipinski definition) is 4. The molecule has 0 atom stereocenters. The van der Waals surface area contributed by atoms with Gasteiger partial charge in [-0.25, -0.2) is 0 Å². The van der Waals surface area contributed by atoms with Crippen LogP contribution in [0.2, 0.25) is 0 Å². The summed E-state index contributed by atoms with van der Waals surface area (Å²) in [7, 11) is 0. The van der Waals surface area contributed by atoms with Crippen molar-refractivity contribution in [3.63, 3.8) is 0 Å². The van der Waals surface area contributed by atoms with E-state index < -0.39 is 0 Å². The highest BCUT2D eigenvalue weighted by atomic mass is 16.3. The fourth-order valence-electron chi connectivity index (χ4n) is 14.9. The third-order valence-electron chi connectivity index (χ3n) is 18.6. The maximum Gasteiger partial charge on any atom is 0.0540 e. The Morgan fingerprint density at radius 1 is 0.276 bits per heavy atom. The summed E-state index contributed by atoms with van der Waals surface area (Å²) in [5, 5.41) is 19.9. The van der Waals surface area contributed by atoms with Crippen LogP contribution in [0.1, 0.15) is 231 Å². The van der Waals surface area contributed by atoms with Crippen LogP contribution in [0.5, 0.6) is 0 Å². The average Bonchev–Trinajstić information content (AvgIpc) is 3.28. The first kappa shape index (κ1) is 43.9. The van der Waals surface area contributed by atoms with E-state index in [4.69, 9.17) is 0 Å². The highest BCUT2D eigenvalue weighted by molar-refractivity contribution is 5.01. The maximum absolute atomic E-state index is 9.94. The van der Waals surface area contributed by atoms with Crippen molar-refractivity contribution < 1.29 is 10.2 Å². The van der Waals surface area contributed by atoms with Crippen LogP contribution in [-0.2, 0) is 0 Å². The standard InChI is InChI=1S/C54H92N2O2/c57-53-37-25-45(26-38-53)15-13-43-21-33-51(34-22-43)55(47-7-3-1-4-8-47)49-29-17-41(18-30-49)11-12-42-19-31-50(32-20-42)56(48-9-5-2-6-10-48)52-35-23-44(24-36-52)14-16-46-27-39-54(58)40-28-46/h13-16,41-54,57-58H,1-12,17-40H2/b15-13+,16-14+. The molecule has 0 aromatic heterocycles. The molecule has 0 amide bonds. The minimum Gasteiger partial charge on any atom is -0.393 e. The summed E-state index contributed by atoms with van der Waals surface area (Å²) in [4.78, 5) is 6.40. The zero-order valence-corrected chi connectivity index (χ0v) is 37.6. The Labute approximate surface area is 358 Å². The van der Waals surface area contributed by atoms with E-state index in [0.717, 1.165) is 97.4 Å². The van der Waals surface area contributed by atoms with E-state index in [-0.39, 0.29) is 12.2 Å². The lowest BCUT2D eigenvalue weighted by molar-refractivity contribution is 0.00740. The molecule has 58 heavy (non-hydrogen) atoms. The van der Waals surface area contributed by atoms with Gasteiger partial charge < -0.3 is 10.2 Å². The molecule has 8 aliphatic carbocycles. The van der Waals surface area contributed by atoms with Crippen molar-refractivity contribution in [2.75, 3.05) is 0 Å². The monoisotopic (exact) mass is 801 g/mol. The highest BCUT2D eigenvalue weighted by Gasteiger charge is 2.39. The van der Waals surface area contributed by atoms with Crippen molar-refractivity contribution >= 4 is 0 Å². The van der Waals surface area contributed by atoms with Gasteiger partial charge in [-0.05, 0) is 215 Å². The molecule has 0 spiro atoms. The molecule has 0 saturated heterocycles. The summed E-state index contributed by atoms with van der Waals surface area (Å²) in [6, 6.07) is 5.17. The van der Waals surface area contributed by atoms with Crippen molar-refractivity contribution in [1.29, 1.82) is 0 Å². The van der Waals surface area contributed by atoms with E-state index in [1.807, 2.05) is 0 Å². The molecule has 0 heterocycles. The Bertz CT molecular complexity index is 1100. The van der Waals surface area contributed by atoms with E-state index in [0.29, 0.717) is 0 Å². The minimum atomic E-state index is -0.0354. The van der Waals surface area contributed by atoms with Gasteiger partial charge in [0.05, 0.1) is 12.2 Å². The summed E-state index contributed by atoms with van der Waals surface area (Å²) in [5.41, 5.74) is 0. The molecule has 330 valence electrons. The number of aliphatic hydroxyl groups is 2. The van der Waals surface area contributed by atoms with Gasteiger partial charge in [-0.2, -0.15) is 0 Å². The Hall–Kier alpha value is -0.680. The zero-order chi connectivity index (χ0) is 39.5. The summed E-state index contributed by atoms with van der Waals surface area (Å²) in [6.45, 7) is 0. The molecule has 0 aromatic rings. The fourth-order valence-corrected chi connectivity index (χ4v) is 14.9. The first-order chi connectivity index (χ1) is 28.5. The third kappa shape index (κ3) is 12.5. The molecule has 4 nitrogen and oxygen atoms in total. The van der Waals surface area contributed by atoms with Crippen molar-refractivity contribution in [2.24, 2.45) is 35.5 Å². The SMILES string of the molecule is OC1CCC(/C=C/C2CCC(N(C3CCCCC3)C3CCC(CCC4CCC(N(C5CCCCC5)C5CCC(/C=C/C6CCC(O)CC6)CC5)CC4)CC3)CC2)CC1. The topological polar surface area (TPSA) is 46.9 Å². The van der Waals surface area contributed by atoms with Crippen LogP contribution in [0.15, 0.2) is 24.3 Å². The molecule has 8 rings (SSSR count). The molecule has 4 heteroatoms. The highest BCUT2D eigenvalue weighted by Crippen LogP contribution is 2.43. The summed E-state index contributed by atoms with van der Waals surface area (Å²) in [6.07, 6.45) is 60.2. The van der Waals surface area contributed by atoms with Gasteiger partial charge in [-0.3, -0.25) is 9.80 Å². The number of aliphatic hydroxyl groups excluding tert-OH is 2. The molecule has 0 unspecified atom stereocenters. The lowest BCUT2D eigenvalue weighted by atomic mass is 9.75. The van der Waals surface area contributed by atoms with Crippen molar-refractivity contribution in [2.45, 2.75) is 280 Å². The van der Waals surface area contributed by atoms with Gasteiger partial charge in [-0.1, -0.05) is 75.7 Å². The van der Waals surface area contributed by atoms with E-state index in [2.05, 4.69) is 34.1 Å². The molecule has 8 fully saturated rings. The lowest BCUT2D eigenvalue weighted by Gasteiger charge is -2.49. The van der Waals surface area contributed by atoms with Crippen molar-refractivity contribution in [1.82, 2.24) is 9.80 Å². The second-order valence-electron chi connectivity index (χ2n) is 22.4. The largest absolute Gasteiger partial charge is 0.393 e. The number of allylic oxidation sites excluding steroid dienone is 4. The van der Waals surface area contributed by atoms with Crippen molar-refractivity contribution in [3.8, 4) is 0 Å². The molecular weight excluding hydrogens is 709 g/mol. The van der Waals surface area contributed by atoms with E-state index in [1.54, 1.807) is 0 Å². The van der Waals surface area contributed by atoms with E-state index in [9.17, 15) is 10.2 Å². The predicted octanol–water partition coefficient (Wildman–Crippen LogP) is 13.5. The van der Waals surface area contributed by atoms with Crippen LogP contribution in [0, 0.1) is 35.5 Å². The maximum atomic E-state index is 9.94. The summed E-state index contributed by atoms with van der Waals surface area (Å²) < 4.78 is 0. The van der Waals surface area contributed by atoms with Crippen LogP contribution < -0.4 is 0 Å². The van der Waals surface area contributed by atoms with Gasteiger partial charge in [0.1, 0.15) is 0 Å². The molecule has 2 N–H and O–H groups in total. The Morgan fingerprint density at radius 2 is 0.517 bits per heavy atom. The molecule has 8 aliphatic rings. The van der Waals surface area contributed by atoms with Crippen LogP contribution in [-0.4, -0.2) is 68.5 Å². The smallest absolute Gasteiger partial charge is 0.0540 e. The van der Waals surface area contributed by atoms with Crippen LogP contribution >= 0.6 is 0 Å². The second-order valence-corrected chi connectivity index (χ2v) is 22.4. The number of nitrogens with zero attached hydrogens (tertiary/aromatic N) is 2. The Morgan fingerprint density at radius 3 is 0.810 bits per heavy atom. The molecule has 0 bridgehead atoms. The van der Waals surface area contributed by atoms with Gasteiger partial charge in [0, 0.05) is 36.3 Å². The molecule has 8 saturated carbocycles.